The van der Waals surface area contributed by atoms with Crippen molar-refractivity contribution in [3.63, 3.8) is 0 Å². The van der Waals surface area contributed by atoms with Crippen LogP contribution in [0.2, 0.25) is 0 Å². The highest BCUT2D eigenvalue weighted by Gasteiger charge is 2.71. The van der Waals surface area contributed by atoms with E-state index in [0.717, 1.165) is 32.4 Å². The van der Waals surface area contributed by atoms with E-state index in [9.17, 15) is 19.5 Å². The summed E-state index contributed by atoms with van der Waals surface area (Å²) in [6, 6.07) is 0. The molecule has 0 aliphatic heterocycles. The maximum atomic E-state index is 13.8. The molecular weight excluding hydrogens is 645 g/mol. The SMILES string of the molecule is C=C(C)[C@@H]1CC[C@]2(NCCCCCCCCCNC(C)=O)CC[C@]3(C)C(CCC4[C@@]5(C)CC[C@H](C(=O)CC(C)(C)C(=O)O)C(C)(C)C5CC[C@]43C)C12. The second-order valence-corrected chi connectivity index (χ2v) is 21.0. The first kappa shape index (κ1) is 41.5. The molecule has 0 heterocycles. The highest BCUT2D eigenvalue weighted by atomic mass is 16.4. The monoisotopic (exact) mass is 723 g/mol. The molecule has 296 valence electrons. The van der Waals surface area contributed by atoms with Gasteiger partial charge >= 0.3 is 5.97 Å². The van der Waals surface area contributed by atoms with Crippen LogP contribution in [0, 0.1) is 62.6 Å². The Labute approximate surface area is 318 Å². The van der Waals surface area contributed by atoms with E-state index < -0.39 is 11.4 Å². The highest BCUT2D eigenvalue weighted by Crippen LogP contribution is 2.77. The quantitative estimate of drug-likeness (QED) is 0.109. The van der Waals surface area contributed by atoms with E-state index in [2.05, 4.69) is 58.8 Å². The molecule has 0 aromatic rings. The number of unbranched alkanes of at least 4 members (excludes halogenated alkanes) is 6. The van der Waals surface area contributed by atoms with Gasteiger partial charge in [-0.2, -0.15) is 0 Å². The number of hydrogen-bond donors (Lipinski definition) is 3. The molecule has 1 amide bonds. The fourth-order valence-electron chi connectivity index (χ4n) is 14.4. The van der Waals surface area contributed by atoms with Crippen LogP contribution in [0.4, 0.5) is 0 Å². The van der Waals surface area contributed by atoms with Gasteiger partial charge in [-0.3, -0.25) is 14.4 Å². The molecule has 0 spiro atoms. The molecule has 0 aromatic heterocycles. The Morgan fingerprint density at radius 3 is 1.98 bits per heavy atom. The minimum atomic E-state index is -1.02. The van der Waals surface area contributed by atoms with E-state index >= 15 is 0 Å². The third kappa shape index (κ3) is 7.35. The summed E-state index contributed by atoms with van der Waals surface area (Å²) in [6.07, 6.45) is 21.0. The molecule has 5 saturated carbocycles. The second-order valence-electron chi connectivity index (χ2n) is 21.0. The zero-order chi connectivity index (χ0) is 38.3. The number of Topliss-reactive ketones (excluding diaryl/α,β-unsaturated/α-hetero) is 1. The van der Waals surface area contributed by atoms with Crippen molar-refractivity contribution in [2.75, 3.05) is 13.1 Å². The minimum Gasteiger partial charge on any atom is -0.481 e. The highest BCUT2D eigenvalue weighted by molar-refractivity contribution is 5.87. The second kappa shape index (κ2) is 15.4. The number of ketones is 1. The molecule has 6 nitrogen and oxygen atoms in total. The predicted molar refractivity (Wildman–Crippen MR) is 213 cm³/mol. The first-order chi connectivity index (χ1) is 24.3. The van der Waals surface area contributed by atoms with Gasteiger partial charge in [0.05, 0.1) is 5.41 Å². The molecule has 4 unspecified atom stereocenters. The van der Waals surface area contributed by atoms with Crippen LogP contribution in [0.25, 0.3) is 0 Å². The lowest BCUT2D eigenvalue weighted by molar-refractivity contribution is -0.237. The average Bonchev–Trinajstić information content (AvgIpc) is 3.43. The van der Waals surface area contributed by atoms with E-state index in [1.165, 1.54) is 95.5 Å². The topological polar surface area (TPSA) is 95.5 Å². The number of hydrogen-bond acceptors (Lipinski definition) is 4. The van der Waals surface area contributed by atoms with Crippen molar-refractivity contribution in [1.29, 1.82) is 0 Å². The molecule has 0 bridgehead atoms. The lowest BCUT2D eigenvalue weighted by atomic mass is 9.32. The largest absolute Gasteiger partial charge is 0.481 e. The Balaban J connectivity index is 1.26. The molecule has 0 aromatic carbocycles. The number of fused-ring (bicyclic) bond motifs is 7. The number of amides is 1. The molecule has 0 saturated heterocycles. The van der Waals surface area contributed by atoms with Crippen molar-refractivity contribution < 1.29 is 19.5 Å². The van der Waals surface area contributed by atoms with Gasteiger partial charge < -0.3 is 15.7 Å². The van der Waals surface area contributed by atoms with Crippen LogP contribution in [0.5, 0.6) is 0 Å². The number of allylic oxidation sites excluding steroid dienone is 1. The van der Waals surface area contributed by atoms with E-state index in [1.54, 1.807) is 20.8 Å². The summed E-state index contributed by atoms with van der Waals surface area (Å²) < 4.78 is 0. The number of rotatable bonds is 16. The van der Waals surface area contributed by atoms with Gasteiger partial charge in [0.25, 0.3) is 0 Å². The molecule has 6 heteroatoms. The van der Waals surface area contributed by atoms with Crippen LogP contribution in [-0.2, 0) is 14.4 Å². The first-order valence-corrected chi connectivity index (χ1v) is 21.7. The first-order valence-electron chi connectivity index (χ1n) is 21.7. The van der Waals surface area contributed by atoms with Gasteiger partial charge in [0.2, 0.25) is 5.91 Å². The predicted octanol–water partition coefficient (Wildman–Crippen LogP) is 10.5. The average molecular weight is 723 g/mol. The van der Waals surface area contributed by atoms with Crippen LogP contribution in [0.1, 0.15) is 178 Å². The summed E-state index contributed by atoms with van der Waals surface area (Å²) in [5, 5.41) is 17.0. The summed E-state index contributed by atoms with van der Waals surface area (Å²) in [7, 11) is 0. The normalized spacial score (nSPS) is 39.4. The number of carboxylic acids is 1. The molecule has 10 atom stereocenters. The van der Waals surface area contributed by atoms with Crippen molar-refractivity contribution in [3.05, 3.63) is 12.2 Å². The van der Waals surface area contributed by atoms with E-state index in [-0.39, 0.29) is 45.8 Å². The fraction of sp³-hybridized carbons (Fsp3) is 0.891. The van der Waals surface area contributed by atoms with Crippen LogP contribution in [0.3, 0.4) is 0 Å². The summed E-state index contributed by atoms with van der Waals surface area (Å²) in [5.41, 5.74) is 1.26. The van der Waals surface area contributed by atoms with Crippen molar-refractivity contribution in [1.82, 2.24) is 10.6 Å². The number of carboxylic acid groups (broad SMARTS) is 1. The van der Waals surface area contributed by atoms with Crippen molar-refractivity contribution >= 4 is 17.7 Å². The van der Waals surface area contributed by atoms with Gasteiger partial charge in [0, 0.05) is 31.3 Å². The summed E-state index contributed by atoms with van der Waals surface area (Å²) >= 11 is 0. The van der Waals surface area contributed by atoms with Crippen molar-refractivity contribution in [3.8, 4) is 0 Å². The summed E-state index contributed by atoms with van der Waals surface area (Å²) in [4.78, 5) is 36.9. The van der Waals surface area contributed by atoms with Crippen molar-refractivity contribution in [2.45, 2.75) is 183 Å². The molecule has 0 radical (unpaired) electrons. The molecule has 5 rings (SSSR count). The van der Waals surface area contributed by atoms with Crippen LogP contribution >= 0.6 is 0 Å². The lowest BCUT2D eigenvalue weighted by Crippen LogP contribution is -2.68. The van der Waals surface area contributed by atoms with E-state index in [4.69, 9.17) is 0 Å². The standard InChI is InChI=1S/C46H78N2O4/c1-31(2)33-20-25-46(48-29-17-15-13-11-12-14-16-28-47-32(3)49)27-26-44(9)35(39(33)46)18-19-38-43(8)23-21-34(36(50)30-41(4,5)40(51)52)42(6,7)37(43)22-24-45(38,44)10/h33-35,37-39,48H,1,11-30H2,2-10H3,(H,47,49)(H,51,52)/t33-,34+,35?,37?,38?,39?,43-,44+,45+,46-/m0/s1. The lowest BCUT2D eigenvalue weighted by Gasteiger charge is -2.73. The smallest absolute Gasteiger partial charge is 0.309 e. The third-order valence-electron chi connectivity index (χ3n) is 17.4. The Hall–Kier alpha value is -1.69. The fourth-order valence-corrected chi connectivity index (χ4v) is 14.4. The third-order valence-corrected chi connectivity index (χ3v) is 17.4. The van der Waals surface area contributed by atoms with Gasteiger partial charge in [-0.1, -0.05) is 78.9 Å². The van der Waals surface area contributed by atoms with E-state index in [0.29, 0.717) is 35.0 Å². The molecule has 5 aliphatic rings. The molecular formula is C46H78N2O4. The van der Waals surface area contributed by atoms with Crippen LogP contribution in [0.15, 0.2) is 12.2 Å². The van der Waals surface area contributed by atoms with Gasteiger partial charge in [0.15, 0.2) is 0 Å². The molecule has 52 heavy (non-hydrogen) atoms. The summed E-state index contributed by atoms with van der Waals surface area (Å²) in [5.74, 6) is 2.43. The Morgan fingerprint density at radius 1 is 0.731 bits per heavy atom. The minimum absolute atomic E-state index is 0.0576. The van der Waals surface area contributed by atoms with E-state index in [1.807, 2.05) is 0 Å². The Morgan fingerprint density at radius 2 is 1.37 bits per heavy atom. The van der Waals surface area contributed by atoms with Crippen LogP contribution < -0.4 is 10.6 Å². The number of aliphatic carboxylic acids is 1. The Bertz CT molecular complexity index is 1340. The number of carbonyl (C=O) groups is 3. The Kier molecular flexibility index (Phi) is 12.3. The molecule has 5 fully saturated rings. The maximum Gasteiger partial charge on any atom is 0.309 e. The molecule has 5 aliphatic carbocycles. The van der Waals surface area contributed by atoms with Gasteiger partial charge in [0.1, 0.15) is 5.78 Å². The zero-order valence-corrected chi connectivity index (χ0v) is 35.0. The molecule has 3 N–H and O–H groups in total. The number of carbonyl (C=O) groups excluding carboxylic acids is 2. The zero-order valence-electron chi connectivity index (χ0n) is 35.0. The van der Waals surface area contributed by atoms with Gasteiger partial charge in [-0.25, -0.2) is 0 Å². The number of nitrogens with one attached hydrogen (secondary N) is 2. The van der Waals surface area contributed by atoms with Crippen molar-refractivity contribution in [2.24, 2.45) is 62.6 Å². The van der Waals surface area contributed by atoms with Crippen LogP contribution in [-0.4, -0.2) is 41.4 Å². The maximum absolute atomic E-state index is 13.8. The van der Waals surface area contributed by atoms with Gasteiger partial charge in [-0.15, -0.1) is 0 Å². The van der Waals surface area contributed by atoms with Gasteiger partial charge in [-0.05, 0) is 156 Å². The summed E-state index contributed by atoms with van der Waals surface area (Å²) in [6.45, 7) is 26.6.